The first kappa shape index (κ1) is 17.9. The predicted octanol–water partition coefficient (Wildman–Crippen LogP) is 3.77. The van der Waals surface area contributed by atoms with Gasteiger partial charge < -0.3 is 15.1 Å². The molecule has 0 bridgehead atoms. The molecule has 0 fully saturated rings. The summed E-state index contributed by atoms with van der Waals surface area (Å²) in [5.41, 5.74) is 1.99. The normalized spacial score (nSPS) is 11.1. The summed E-state index contributed by atoms with van der Waals surface area (Å²) in [7, 11) is 0. The number of rotatable bonds is 7. The third kappa shape index (κ3) is 4.39. The molecule has 0 spiro atoms. The topological polar surface area (TPSA) is 80.1 Å². The number of aryl methyl sites for hydroxylation is 1. The van der Waals surface area contributed by atoms with E-state index >= 15 is 0 Å². The SMILES string of the molecule is Cc1ccc2nc(-c3ccco3)nc(NCCNC(=O)CC(C)C)c2c1. The van der Waals surface area contributed by atoms with Gasteiger partial charge in [-0.1, -0.05) is 25.5 Å². The first-order valence-electron chi connectivity index (χ1n) is 8.86. The van der Waals surface area contributed by atoms with Gasteiger partial charge in [0.25, 0.3) is 0 Å². The van der Waals surface area contributed by atoms with Crippen LogP contribution >= 0.6 is 0 Å². The molecule has 136 valence electrons. The molecule has 0 saturated heterocycles. The second-order valence-corrected chi connectivity index (χ2v) is 6.77. The first-order chi connectivity index (χ1) is 12.5. The van der Waals surface area contributed by atoms with Crippen LogP contribution in [0.4, 0.5) is 5.82 Å². The van der Waals surface area contributed by atoms with Crippen LogP contribution in [0.5, 0.6) is 0 Å². The summed E-state index contributed by atoms with van der Waals surface area (Å²) in [5, 5.41) is 7.19. The summed E-state index contributed by atoms with van der Waals surface area (Å²) in [6.07, 6.45) is 2.15. The number of carbonyl (C=O) groups is 1. The van der Waals surface area contributed by atoms with Crippen LogP contribution in [0.1, 0.15) is 25.8 Å². The Morgan fingerprint density at radius 2 is 2.04 bits per heavy atom. The van der Waals surface area contributed by atoms with Crippen molar-refractivity contribution in [2.45, 2.75) is 27.2 Å². The Morgan fingerprint density at radius 1 is 1.19 bits per heavy atom. The average Bonchev–Trinajstić information content (AvgIpc) is 3.12. The van der Waals surface area contributed by atoms with E-state index in [2.05, 4.69) is 26.7 Å². The van der Waals surface area contributed by atoms with Crippen molar-refractivity contribution >= 4 is 22.6 Å². The van der Waals surface area contributed by atoms with Crippen molar-refractivity contribution in [2.75, 3.05) is 18.4 Å². The third-order valence-electron chi connectivity index (χ3n) is 3.93. The zero-order valence-electron chi connectivity index (χ0n) is 15.4. The zero-order valence-corrected chi connectivity index (χ0v) is 15.4. The van der Waals surface area contributed by atoms with Crippen molar-refractivity contribution < 1.29 is 9.21 Å². The molecule has 0 aliphatic heterocycles. The number of aromatic nitrogens is 2. The van der Waals surface area contributed by atoms with Crippen LogP contribution < -0.4 is 10.6 Å². The van der Waals surface area contributed by atoms with E-state index in [9.17, 15) is 4.79 Å². The lowest BCUT2D eigenvalue weighted by Gasteiger charge is -2.12. The highest BCUT2D eigenvalue weighted by molar-refractivity contribution is 5.91. The lowest BCUT2D eigenvalue weighted by Crippen LogP contribution is -2.29. The van der Waals surface area contributed by atoms with Gasteiger partial charge in [-0.3, -0.25) is 4.79 Å². The number of fused-ring (bicyclic) bond motifs is 1. The lowest BCUT2D eigenvalue weighted by molar-refractivity contribution is -0.121. The van der Waals surface area contributed by atoms with Crippen LogP contribution in [0.15, 0.2) is 41.0 Å². The maximum atomic E-state index is 11.8. The van der Waals surface area contributed by atoms with Crippen molar-refractivity contribution in [3.63, 3.8) is 0 Å². The van der Waals surface area contributed by atoms with E-state index in [4.69, 9.17) is 4.42 Å². The highest BCUT2D eigenvalue weighted by atomic mass is 16.3. The van der Waals surface area contributed by atoms with Crippen LogP contribution in [0.3, 0.4) is 0 Å². The molecule has 0 radical (unpaired) electrons. The van der Waals surface area contributed by atoms with Crippen LogP contribution in [0, 0.1) is 12.8 Å². The van der Waals surface area contributed by atoms with Gasteiger partial charge in [-0.05, 0) is 37.1 Å². The lowest BCUT2D eigenvalue weighted by atomic mass is 10.1. The molecule has 6 heteroatoms. The van der Waals surface area contributed by atoms with Gasteiger partial charge in [0, 0.05) is 24.9 Å². The number of amides is 1. The van der Waals surface area contributed by atoms with E-state index in [1.54, 1.807) is 6.26 Å². The summed E-state index contributed by atoms with van der Waals surface area (Å²) in [4.78, 5) is 21.0. The zero-order chi connectivity index (χ0) is 18.5. The minimum absolute atomic E-state index is 0.0708. The van der Waals surface area contributed by atoms with Gasteiger partial charge in [0.2, 0.25) is 5.91 Å². The number of benzene rings is 1. The second kappa shape index (κ2) is 7.99. The second-order valence-electron chi connectivity index (χ2n) is 6.77. The largest absolute Gasteiger partial charge is 0.461 e. The number of hydrogen-bond acceptors (Lipinski definition) is 5. The first-order valence-corrected chi connectivity index (χ1v) is 8.86. The Bertz CT molecular complexity index is 888. The van der Waals surface area contributed by atoms with Crippen molar-refractivity contribution in [3.05, 3.63) is 42.2 Å². The number of furan rings is 1. The van der Waals surface area contributed by atoms with Crippen LogP contribution in [0.2, 0.25) is 0 Å². The minimum atomic E-state index is 0.0708. The molecule has 1 amide bonds. The summed E-state index contributed by atoms with van der Waals surface area (Å²) in [6.45, 7) is 7.23. The molecular formula is C20H24N4O2. The molecule has 0 unspecified atom stereocenters. The van der Waals surface area contributed by atoms with Crippen LogP contribution in [0.25, 0.3) is 22.5 Å². The standard InChI is InChI=1S/C20H24N4O2/c1-13(2)11-18(25)21-8-9-22-19-15-12-14(3)6-7-16(15)23-20(24-19)17-5-4-10-26-17/h4-7,10,12-13H,8-9,11H2,1-3H3,(H,21,25)(H,22,23,24). The maximum absolute atomic E-state index is 11.8. The quantitative estimate of drug-likeness (QED) is 0.633. The van der Waals surface area contributed by atoms with E-state index in [1.165, 1.54) is 0 Å². The van der Waals surface area contributed by atoms with E-state index in [0.29, 0.717) is 37.0 Å². The Morgan fingerprint density at radius 3 is 2.77 bits per heavy atom. The Balaban J connectivity index is 1.77. The Kier molecular flexibility index (Phi) is 5.51. The average molecular weight is 352 g/mol. The van der Waals surface area contributed by atoms with Crippen molar-refractivity contribution in [3.8, 4) is 11.6 Å². The van der Waals surface area contributed by atoms with Crippen LogP contribution in [-0.4, -0.2) is 29.0 Å². The number of nitrogens with one attached hydrogen (secondary N) is 2. The summed E-state index contributed by atoms with van der Waals surface area (Å²) >= 11 is 0. The fraction of sp³-hybridized carbons (Fsp3) is 0.350. The van der Waals surface area contributed by atoms with Gasteiger partial charge in [0.05, 0.1) is 11.8 Å². The molecule has 26 heavy (non-hydrogen) atoms. The Labute approximate surface area is 153 Å². The number of carbonyl (C=O) groups excluding carboxylic acids is 1. The monoisotopic (exact) mass is 352 g/mol. The molecule has 2 heterocycles. The molecule has 1 aromatic carbocycles. The minimum Gasteiger partial charge on any atom is -0.461 e. The van der Waals surface area contributed by atoms with Crippen LogP contribution in [-0.2, 0) is 4.79 Å². The predicted molar refractivity (Wildman–Crippen MR) is 103 cm³/mol. The van der Waals surface area contributed by atoms with E-state index in [1.807, 2.05) is 45.0 Å². The summed E-state index contributed by atoms with van der Waals surface area (Å²) in [5.74, 6) is 2.33. The van der Waals surface area contributed by atoms with Crippen molar-refractivity contribution in [1.29, 1.82) is 0 Å². The highest BCUT2D eigenvalue weighted by Crippen LogP contribution is 2.25. The third-order valence-corrected chi connectivity index (χ3v) is 3.93. The summed E-state index contributed by atoms with van der Waals surface area (Å²) in [6, 6.07) is 9.72. The Hall–Kier alpha value is -2.89. The smallest absolute Gasteiger partial charge is 0.220 e. The van der Waals surface area contributed by atoms with Gasteiger partial charge in [-0.25, -0.2) is 9.97 Å². The van der Waals surface area contributed by atoms with E-state index < -0.39 is 0 Å². The van der Waals surface area contributed by atoms with Crippen molar-refractivity contribution in [2.24, 2.45) is 5.92 Å². The number of nitrogens with zero attached hydrogens (tertiary/aromatic N) is 2. The van der Waals surface area contributed by atoms with Gasteiger partial charge in [0.15, 0.2) is 11.6 Å². The molecule has 0 saturated carbocycles. The van der Waals surface area contributed by atoms with Gasteiger partial charge in [-0.15, -0.1) is 0 Å². The molecular weight excluding hydrogens is 328 g/mol. The maximum Gasteiger partial charge on any atom is 0.220 e. The van der Waals surface area contributed by atoms with Gasteiger partial charge >= 0.3 is 0 Å². The molecule has 3 aromatic rings. The molecule has 2 N–H and O–H groups in total. The summed E-state index contributed by atoms with van der Waals surface area (Å²) < 4.78 is 5.43. The number of anilines is 1. The van der Waals surface area contributed by atoms with E-state index in [-0.39, 0.29) is 5.91 Å². The molecule has 6 nitrogen and oxygen atoms in total. The fourth-order valence-corrected chi connectivity index (χ4v) is 2.72. The van der Waals surface area contributed by atoms with Gasteiger partial charge in [0.1, 0.15) is 5.82 Å². The van der Waals surface area contributed by atoms with E-state index in [0.717, 1.165) is 22.3 Å². The highest BCUT2D eigenvalue weighted by Gasteiger charge is 2.11. The molecule has 0 aliphatic rings. The van der Waals surface area contributed by atoms with Gasteiger partial charge in [-0.2, -0.15) is 0 Å². The molecule has 2 aromatic heterocycles. The molecule has 3 rings (SSSR count). The number of hydrogen-bond donors (Lipinski definition) is 2. The molecule has 0 atom stereocenters. The van der Waals surface area contributed by atoms with Crippen molar-refractivity contribution in [1.82, 2.24) is 15.3 Å². The fourth-order valence-electron chi connectivity index (χ4n) is 2.72. The molecule has 0 aliphatic carbocycles.